The fourth-order valence-corrected chi connectivity index (χ4v) is 4.73. The number of carbonyl (C=O) groups excluding carboxylic acids is 1. The first-order valence-electron chi connectivity index (χ1n) is 10.7. The summed E-state index contributed by atoms with van der Waals surface area (Å²) in [5.74, 6) is 0.0634. The Bertz CT molecular complexity index is 1150. The van der Waals surface area contributed by atoms with Crippen molar-refractivity contribution in [1.82, 2.24) is 9.55 Å². The van der Waals surface area contributed by atoms with E-state index in [-0.39, 0.29) is 23.3 Å². The molecule has 0 saturated carbocycles. The lowest BCUT2D eigenvalue weighted by Crippen LogP contribution is -2.29. The van der Waals surface area contributed by atoms with Crippen LogP contribution in [0.1, 0.15) is 30.9 Å². The number of anilines is 1. The second-order valence-electron chi connectivity index (χ2n) is 7.76. The predicted molar refractivity (Wildman–Crippen MR) is 125 cm³/mol. The molecule has 162 valence electrons. The molecule has 31 heavy (non-hydrogen) atoms. The standard InChI is InChI=1S/C24H27N3O3S/c1-3-17-9-6-8-16(2)22(17)26-21(28)15-31-24-25-20-12-5-4-11-19(20)23(29)27(24)14-18-10-7-13-30-18/h4-6,8-9,11-12,18H,3,7,10,13-15H2,1-2H3,(H,26,28). The summed E-state index contributed by atoms with van der Waals surface area (Å²) in [6, 6.07) is 13.4. The molecular weight excluding hydrogens is 410 g/mol. The monoisotopic (exact) mass is 437 g/mol. The Balaban J connectivity index is 1.57. The van der Waals surface area contributed by atoms with Gasteiger partial charge in [-0.05, 0) is 49.4 Å². The quantitative estimate of drug-likeness (QED) is 0.443. The van der Waals surface area contributed by atoms with E-state index in [1.807, 2.05) is 43.3 Å². The van der Waals surface area contributed by atoms with E-state index in [9.17, 15) is 9.59 Å². The highest BCUT2D eigenvalue weighted by Crippen LogP contribution is 2.24. The number of thioether (sulfide) groups is 1. The van der Waals surface area contributed by atoms with E-state index < -0.39 is 0 Å². The molecule has 1 atom stereocenters. The number of ether oxygens (including phenoxy) is 1. The summed E-state index contributed by atoms with van der Waals surface area (Å²) in [5, 5.41) is 4.18. The van der Waals surface area contributed by atoms with Crippen LogP contribution in [0.3, 0.4) is 0 Å². The molecule has 1 aromatic heterocycles. The molecule has 2 heterocycles. The van der Waals surface area contributed by atoms with Crippen molar-refractivity contribution in [2.24, 2.45) is 0 Å². The van der Waals surface area contributed by atoms with E-state index in [1.54, 1.807) is 10.6 Å². The molecule has 6 nitrogen and oxygen atoms in total. The number of hydrogen-bond donors (Lipinski definition) is 1. The first kappa shape index (κ1) is 21.6. The van der Waals surface area contributed by atoms with Crippen molar-refractivity contribution in [3.8, 4) is 0 Å². The van der Waals surface area contributed by atoms with Gasteiger partial charge in [0.1, 0.15) is 0 Å². The number of benzene rings is 2. The van der Waals surface area contributed by atoms with Crippen molar-refractivity contribution < 1.29 is 9.53 Å². The summed E-state index contributed by atoms with van der Waals surface area (Å²) in [5.41, 5.74) is 3.58. The lowest BCUT2D eigenvalue weighted by molar-refractivity contribution is -0.113. The van der Waals surface area contributed by atoms with Crippen molar-refractivity contribution >= 4 is 34.3 Å². The minimum Gasteiger partial charge on any atom is -0.376 e. The average Bonchev–Trinajstić information content (AvgIpc) is 3.29. The minimum atomic E-state index is -0.111. The number of amides is 1. The summed E-state index contributed by atoms with van der Waals surface area (Å²) in [6.07, 6.45) is 2.78. The van der Waals surface area contributed by atoms with Crippen LogP contribution in [0.2, 0.25) is 0 Å². The number of hydrogen-bond acceptors (Lipinski definition) is 5. The number of rotatable bonds is 7. The number of aromatic nitrogens is 2. The van der Waals surface area contributed by atoms with E-state index in [0.29, 0.717) is 22.6 Å². The molecule has 4 rings (SSSR count). The van der Waals surface area contributed by atoms with Crippen molar-refractivity contribution in [1.29, 1.82) is 0 Å². The van der Waals surface area contributed by atoms with Gasteiger partial charge in [0.25, 0.3) is 5.56 Å². The van der Waals surface area contributed by atoms with Gasteiger partial charge in [0.15, 0.2) is 5.16 Å². The predicted octanol–water partition coefficient (Wildman–Crippen LogP) is 4.18. The number of para-hydroxylation sites is 2. The van der Waals surface area contributed by atoms with Gasteiger partial charge >= 0.3 is 0 Å². The third kappa shape index (κ3) is 4.83. The fourth-order valence-electron chi connectivity index (χ4n) is 3.92. The van der Waals surface area contributed by atoms with Gasteiger partial charge in [-0.3, -0.25) is 14.2 Å². The zero-order valence-corrected chi connectivity index (χ0v) is 18.7. The normalized spacial score (nSPS) is 16.0. The molecule has 7 heteroatoms. The smallest absolute Gasteiger partial charge is 0.262 e. The Morgan fingerprint density at radius 2 is 2.10 bits per heavy atom. The van der Waals surface area contributed by atoms with Crippen LogP contribution in [0.15, 0.2) is 52.4 Å². The molecule has 2 aromatic carbocycles. The number of nitrogens with zero attached hydrogens (tertiary/aromatic N) is 2. The van der Waals surface area contributed by atoms with E-state index in [4.69, 9.17) is 9.72 Å². The third-order valence-corrected chi connectivity index (χ3v) is 6.55. The fraction of sp³-hybridized carbons (Fsp3) is 0.375. The molecule has 1 unspecified atom stereocenters. The first-order chi connectivity index (χ1) is 15.1. The van der Waals surface area contributed by atoms with Gasteiger partial charge in [-0.1, -0.05) is 49.0 Å². The highest BCUT2D eigenvalue weighted by atomic mass is 32.2. The molecule has 3 aromatic rings. The molecule has 0 radical (unpaired) electrons. The van der Waals surface area contributed by atoms with Crippen molar-refractivity contribution in [2.45, 2.75) is 50.9 Å². The van der Waals surface area contributed by atoms with Gasteiger partial charge in [0.2, 0.25) is 5.91 Å². The molecule has 1 saturated heterocycles. The van der Waals surface area contributed by atoms with E-state index in [0.717, 1.165) is 42.7 Å². The summed E-state index contributed by atoms with van der Waals surface area (Å²) < 4.78 is 7.41. The zero-order chi connectivity index (χ0) is 21.8. The van der Waals surface area contributed by atoms with Crippen LogP contribution >= 0.6 is 11.8 Å². The van der Waals surface area contributed by atoms with Gasteiger partial charge in [-0.25, -0.2) is 4.98 Å². The second kappa shape index (κ2) is 9.66. The molecule has 1 N–H and O–H groups in total. The maximum atomic E-state index is 13.2. The number of fused-ring (bicyclic) bond motifs is 1. The van der Waals surface area contributed by atoms with Gasteiger partial charge in [-0.15, -0.1) is 0 Å². The molecule has 0 bridgehead atoms. The molecule has 1 amide bonds. The third-order valence-electron chi connectivity index (χ3n) is 5.57. The number of carbonyl (C=O) groups is 1. The van der Waals surface area contributed by atoms with Gasteiger partial charge in [-0.2, -0.15) is 0 Å². The maximum Gasteiger partial charge on any atom is 0.262 e. The van der Waals surface area contributed by atoms with Crippen LogP contribution in [0.5, 0.6) is 0 Å². The molecule has 0 spiro atoms. The summed E-state index contributed by atoms with van der Waals surface area (Å²) >= 11 is 1.29. The molecular formula is C24H27N3O3S. The largest absolute Gasteiger partial charge is 0.376 e. The summed E-state index contributed by atoms with van der Waals surface area (Å²) in [4.78, 5) is 30.6. The Morgan fingerprint density at radius 3 is 2.87 bits per heavy atom. The van der Waals surface area contributed by atoms with Crippen molar-refractivity contribution in [3.05, 3.63) is 63.9 Å². The van der Waals surface area contributed by atoms with Gasteiger partial charge in [0.05, 0.1) is 29.3 Å². The molecule has 1 aliphatic rings. The van der Waals surface area contributed by atoms with Crippen LogP contribution in [0.4, 0.5) is 5.69 Å². The lowest BCUT2D eigenvalue weighted by Gasteiger charge is -2.17. The highest BCUT2D eigenvalue weighted by Gasteiger charge is 2.21. The van der Waals surface area contributed by atoms with Crippen LogP contribution in [-0.2, 0) is 22.5 Å². The summed E-state index contributed by atoms with van der Waals surface area (Å²) in [6.45, 7) is 5.24. The Labute approximate surface area is 186 Å². The Kier molecular flexibility index (Phi) is 6.73. The second-order valence-corrected chi connectivity index (χ2v) is 8.70. The van der Waals surface area contributed by atoms with E-state index in [1.165, 1.54) is 11.8 Å². The first-order valence-corrected chi connectivity index (χ1v) is 11.7. The number of aryl methyl sites for hydroxylation is 2. The molecule has 1 aliphatic heterocycles. The van der Waals surface area contributed by atoms with Crippen molar-refractivity contribution in [3.63, 3.8) is 0 Å². The lowest BCUT2D eigenvalue weighted by atomic mass is 10.1. The Morgan fingerprint density at radius 1 is 1.26 bits per heavy atom. The van der Waals surface area contributed by atoms with Crippen LogP contribution in [-0.4, -0.2) is 33.9 Å². The van der Waals surface area contributed by atoms with Crippen molar-refractivity contribution in [2.75, 3.05) is 17.7 Å². The average molecular weight is 438 g/mol. The van der Waals surface area contributed by atoms with Crippen LogP contribution in [0, 0.1) is 6.92 Å². The van der Waals surface area contributed by atoms with E-state index in [2.05, 4.69) is 12.2 Å². The SMILES string of the molecule is CCc1cccc(C)c1NC(=O)CSc1nc2ccccc2c(=O)n1CC1CCCO1. The minimum absolute atomic E-state index is 0.00733. The Hall–Kier alpha value is -2.64. The number of nitrogens with one attached hydrogen (secondary N) is 1. The topological polar surface area (TPSA) is 73.2 Å². The molecule has 1 fully saturated rings. The summed E-state index contributed by atoms with van der Waals surface area (Å²) in [7, 11) is 0. The highest BCUT2D eigenvalue weighted by molar-refractivity contribution is 7.99. The van der Waals surface area contributed by atoms with Gasteiger partial charge in [0, 0.05) is 12.3 Å². The van der Waals surface area contributed by atoms with Crippen LogP contribution in [0.25, 0.3) is 10.9 Å². The van der Waals surface area contributed by atoms with Crippen LogP contribution < -0.4 is 10.9 Å². The van der Waals surface area contributed by atoms with Gasteiger partial charge < -0.3 is 10.1 Å². The molecule has 0 aliphatic carbocycles. The van der Waals surface area contributed by atoms with E-state index >= 15 is 0 Å². The zero-order valence-electron chi connectivity index (χ0n) is 17.9. The maximum absolute atomic E-state index is 13.2.